The highest BCUT2D eigenvalue weighted by atomic mass is 32.1. The first-order valence-electron chi connectivity index (χ1n) is 13.4. The lowest BCUT2D eigenvalue weighted by Crippen LogP contribution is -2.60. The lowest BCUT2D eigenvalue weighted by Gasteiger charge is -2.38. The SMILES string of the molecule is CCCN(CCC)c1ccc2cc(-c3ccc(/C=C(\C#N)C(=O)NC[C@H]4OC(O)[C@H](O)[C@@H](O)[C@@H]4O)s3)ccc2c1. The molecule has 1 aromatic heterocycles. The second-order valence-corrected chi connectivity index (χ2v) is 11.0. The zero-order chi connectivity index (χ0) is 28.8. The van der Waals surface area contributed by atoms with Crippen molar-refractivity contribution in [2.75, 3.05) is 24.5 Å². The molecule has 1 unspecified atom stereocenters. The maximum Gasteiger partial charge on any atom is 0.262 e. The van der Waals surface area contributed by atoms with Crippen molar-refractivity contribution in [3.8, 4) is 16.5 Å². The van der Waals surface area contributed by atoms with Gasteiger partial charge in [-0.25, -0.2) is 0 Å². The largest absolute Gasteiger partial charge is 0.388 e. The van der Waals surface area contributed by atoms with Crippen LogP contribution in [-0.2, 0) is 9.53 Å². The molecule has 10 heteroatoms. The third-order valence-electron chi connectivity index (χ3n) is 6.89. The average Bonchev–Trinajstić information content (AvgIpc) is 3.43. The number of aliphatic hydroxyl groups excluding tert-OH is 4. The molecule has 1 aliphatic heterocycles. The predicted octanol–water partition coefficient (Wildman–Crippen LogP) is 3.02. The van der Waals surface area contributed by atoms with E-state index in [1.165, 1.54) is 28.5 Å². The Balaban J connectivity index is 1.45. The van der Waals surface area contributed by atoms with Crippen molar-refractivity contribution >= 4 is 39.8 Å². The van der Waals surface area contributed by atoms with Crippen molar-refractivity contribution in [3.05, 3.63) is 59.0 Å². The van der Waals surface area contributed by atoms with E-state index in [0.29, 0.717) is 0 Å². The third kappa shape index (κ3) is 6.70. The van der Waals surface area contributed by atoms with Gasteiger partial charge >= 0.3 is 0 Å². The number of nitrogens with zero attached hydrogens (tertiary/aromatic N) is 2. The van der Waals surface area contributed by atoms with Crippen LogP contribution in [0.25, 0.3) is 27.3 Å². The van der Waals surface area contributed by atoms with E-state index in [-0.39, 0.29) is 12.1 Å². The van der Waals surface area contributed by atoms with Gasteiger partial charge in [0.05, 0.1) is 0 Å². The maximum absolute atomic E-state index is 12.6. The van der Waals surface area contributed by atoms with Crippen molar-refractivity contribution in [1.82, 2.24) is 5.32 Å². The smallest absolute Gasteiger partial charge is 0.262 e. The molecule has 2 heterocycles. The van der Waals surface area contributed by atoms with Crippen LogP contribution in [0.2, 0.25) is 0 Å². The molecule has 0 aliphatic carbocycles. The third-order valence-corrected chi connectivity index (χ3v) is 7.97. The summed E-state index contributed by atoms with van der Waals surface area (Å²) in [6.07, 6.45) is -3.99. The predicted molar refractivity (Wildman–Crippen MR) is 156 cm³/mol. The van der Waals surface area contributed by atoms with Gasteiger partial charge in [0.1, 0.15) is 36.1 Å². The summed E-state index contributed by atoms with van der Waals surface area (Å²) >= 11 is 1.45. The van der Waals surface area contributed by atoms with Crippen molar-refractivity contribution in [2.24, 2.45) is 0 Å². The molecular formula is C30H35N3O6S. The van der Waals surface area contributed by atoms with E-state index >= 15 is 0 Å². The van der Waals surface area contributed by atoms with Crippen LogP contribution in [0, 0.1) is 11.3 Å². The zero-order valence-electron chi connectivity index (χ0n) is 22.5. The van der Waals surface area contributed by atoms with Gasteiger partial charge in [-0.05, 0) is 65.6 Å². The molecule has 0 spiro atoms. The number of hydrogen-bond donors (Lipinski definition) is 5. The topological polar surface area (TPSA) is 146 Å². The Labute approximate surface area is 237 Å². The Morgan fingerprint density at radius 2 is 1.70 bits per heavy atom. The van der Waals surface area contributed by atoms with E-state index in [2.05, 4.69) is 60.5 Å². The number of hydrogen-bond acceptors (Lipinski definition) is 9. The van der Waals surface area contributed by atoms with E-state index in [0.717, 1.165) is 46.6 Å². The van der Waals surface area contributed by atoms with E-state index in [9.17, 15) is 30.5 Å². The summed E-state index contributed by atoms with van der Waals surface area (Å²) in [6.45, 7) is 6.16. The van der Waals surface area contributed by atoms with E-state index in [4.69, 9.17) is 4.74 Å². The highest BCUT2D eigenvalue weighted by Crippen LogP contribution is 2.33. The molecule has 3 aromatic rings. The molecule has 212 valence electrons. The first-order valence-corrected chi connectivity index (χ1v) is 14.2. The summed E-state index contributed by atoms with van der Waals surface area (Å²) < 4.78 is 5.06. The lowest BCUT2D eigenvalue weighted by atomic mass is 9.99. The number of nitrogens with one attached hydrogen (secondary N) is 1. The van der Waals surface area contributed by atoms with Crippen molar-refractivity contribution in [1.29, 1.82) is 5.26 Å². The number of amides is 1. The van der Waals surface area contributed by atoms with Crippen LogP contribution >= 0.6 is 11.3 Å². The number of aliphatic hydroxyl groups is 4. The summed E-state index contributed by atoms with van der Waals surface area (Å²) in [5.74, 6) is -0.690. The molecule has 5 N–H and O–H groups in total. The Hall–Kier alpha value is -3.30. The molecule has 0 bridgehead atoms. The highest BCUT2D eigenvalue weighted by Gasteiger charge is 2.43. The Morgan fingerprint density at radius 3 is 2.40 bits per heavy atom. The summed E-state index contributed by atoms with van der Waals surface area (Å²) in [6, 6.07) is 18.5. The fourth-order valence-electron chi connectivity index (χ4n) is 4.76. The van der Waals surface area contributed by atoms with Crippen LogP contribution in [0.1, 0.15) is 31.6 Å². The minimum absolute atomic E-state index is 0.144. The van der Waals surface area contributed by atoms with Gasteiger partial charge in [-0.2, -0.15) is 5.26 Å². The maximum atomic E-state index is 12.6. The second-order valence-electron chi connectivity index (χ2n) is 9.85. The summed E-state index contributed by atoms with van der Waals surface area (Å²) in [7, 11) is 0. The van der Waals surface area contributed by atoms with Crippen molar-refractivity contribution < 1.29 is 30.0 Å². The standard InChI is InChI=1S/C30H35N3O6S/c1-3-11-33(12-4-2)22-8-7-18-13-20(6-5-19(18)14-22)25-10-9-23(40-25)15-21(16-31)29(37)32-17-24-26(34)27(35)28(36)30(38)39-24/h5-10,13-15,24,26-28,30,34-36,38H,3-4,11-12,17H2,1-2H3,(H,32,37)/b21-15+/t24-,26-,27+,28-,30?/m1/s1. The Kier molecular flexibility index (Phi) is 9.92. The molecule has 5 atom stereocenters. The highest BCUT2D eigenvalue weighted by molar-refractivity contribution is 7.16. The quantitative estimate of drug-likeness (QED) is 0.186. The first kappa shape index (κ1) is 29.7. The van der Waals surface area contributed by atoms with E-state index in [1.54, 1.807) is 0 Å². The molecule has 1 saturated heterocycles. The van der Waals surface area contributed by atoms with Crippen LogP contribution in [0.15, 0.2) is 54.1 Å². The van der Waals surface area contributed by atoms with Gasteiger partial charge < -0.3 is 35.4 Å². The molecule has 1 aliphatic rings. The molecule has 4 rings (SSSR count). The van der Waals surface area contributed by atoms with Crippen LogP contribution in [0.4, 0.5) is 5.69 Å². The second kappa shape index (κ2) is 13.4. The number of anilines is 1. The number of carbonyl (C=O) groups excluding carboxylic acids is 1. The number of rotatable bonds is 10. The van der Waals surface area contributed by atoms with Crippen LogP contribution < -0.4 is 10.2 Å². The van der Waals surface area contributed by atoms with Gasteiger partial charge in [0.2, 0.25) is 0 Å². The molecular weight excluding hydrogens is 530 g/mol. The average molecular weight is 566 g/mol. The molecule has 1 amide bonds. The fourth-order valence-corrected chi connectivity index (χ4v) is 5.71. The number of fused-ring (bicyclic) bond motifs is 1. The summed E-state index contributed by atoms with van der Waals surface area (Å²) in [4.78, 5) is 16.7. The molecule has 0 radical (unpaired) electrons. The van der Waals surface area contributed by atoms with Gasteiger partial charge in [0.15, 0.2) is 6.29 Å². The molecule has 2 aromatic carbocycles. The zero-order valence-corrected chi connectivity index (χ0v) is 23.3. The van der Waals surface area contributed by atoms with Gasteiger partial charge in [-0.1, -0.05) is 32.0 Å². The molecule has 1 fully saturated rings. The number of carbonyl (C=O) groups is 1. The number of nitriles is 1. The molecule has 0 saturated carbocycles. The van der Waals surface area contributed by atoms with Crippen LogP contribution in [0.5, 0.6) is 0 Å². The molecule has 40 heavy (non-hydrogen) atoms. The van der Waals surface area contributed by atoms with E-state index < -0.39 is 36.6 Å². The van der Waals surface area contributed by atoms with Crippen LogP contribution in [-0.4, -0.2) is 76.7 Å². The molecule has 9 nitrogen and oxygen atoms in total. The van der Waals surface area contributed by atoms with Gasteiger partial charge in [0.25, 0.3) is 5.91 Å². The van der Waals surface area contributed by atoms with Crippen molar-refractivity contribution in [2.45, 2.75) is 57.4 Å². The van der Waals surface area contributed by atoms with Crippen molar-refractivity contribution in [3.63, 3.8) is 0 Å². The number of ether oxygens (including phenoxy) is 1. The monoisotopic (exact) mass is 565 g/mol. The van der Waals surface area contributed by atoms with E-state index in [1.807, 2.05) is 18.2 Å². The van der Waals surface area contributed by atoms with Crippen LogP contribution in [0.3, 0.4) is 0 Å². The summed E-state index contributed by atoms with van der Waals surface area (Å²) in [5, 5.41) is 53.4. The lowest BCUT2D eigenvalue weighted by molar-refractivity contribution is -0.280. The summed E-state index contributed by atoms with van der Waals surface area (Å²) in [5.41, 5.74) is 2.12. The first-order chi connectivity index (χ1) is 19.2. The van der Waals surface area contributed by atoms with Gasteiger partial charge in [-0.3, -0.25) is 4.79 Å². The van der Waals surface area contributed by atoms with Gasteiger partial charge in [-0.15, -0.1) is 11.3 Å². The fraction of sp³-hybridized carbons (Fsp3) is 0.400. The Bertz CT molecular complexity index is 1390. The minimum Gasteiger partial charge on any atom is -0.388 e. The number of thiophene rings is 1. The normalized spacial score (nSPS) is 23.1. The van der Waals surface area contributed by atoms with Gasteiger partial charge in [0, 0.05) is 35.1 Å². The number of benzene rings is 2. The Morgan fingerprint density at radius 1 is 1.00 bits per heavy atom. The minimum atomic E-state index is -1.70.